The largest absolute Gasteiger partial charge is 0.498 e. The molecular formula is C11H18O. The second kappa shape index (κ2) is 4.34. The van der Waals surface area contributed by atoms with E-state index in [1.54, 1.807) is 0 Å². The van der Waals surface area contributed by atoms with E-state index in [0.717, 1.165) is 25.2 Å². The van der Waals surface area contributed by atoms with Gasteiger partial charge in [-0.2, -0.15) is 0 Å². The van der Waals surface area contributed by atoms with E-state index in [1.807, 2.05) is 6.08 Å². The Morgan fingerprint density at radius 2 is 2.33 bits per heavy atom. The SMILES string of the molecule is C=CC(C1=CCCCO1)C(C)C. The van der Waals surface area contributed by atoms with Crippen molar-refractivity contribution in [3.05, 3.63) is 24.5 Å². The first-order valence-electron chi connectivity index (χ1n) is 4.71. The average molecular weight is 166 g/mol. The summed E-state index contributed by atoms with van der Waals surface area (Å²) in [6.07, 6.45) is 6.51. The van der Waals surface area contributed by atoms with E-state index in [1.165, 1.54) is 0 Å². The van der Waals surface area contributed by atoms with Crippen molar-refractivity contribution in [3.63, 3.8) is 0 Å². The molecule has 0 aromatic carbocycles. The van der Waals surface area contributed by atoms with E-state index in [9.17, 15) is 0 Å². The van der Waals surface area contributed by atoms with Gasteiger partial charge in [-0.05, 0) is 24.8 Å². The molecule has 0 saturated carbocycles. The molecule has 12 heavy (non-hydrogen) atoms. The molecule has 1 aliphatic rings. The third kappa shape index (κ3) is 2.13. The van der Waals surface area contributed by atoms with Crippen LogP contribution in [-0.2, 0) is 4.74 Å². The highest BCUT2D eigenvalue weighted by atomic mass is 16.5. The van der Waals surface area contributed by atoms with E-state index in [4.69, 9.17) is 4.74 Å². The molecule has 0 aromatic heterocycles. The molecule has 0 bridgehead atoms. The Balaban J connectivity index is 2.63. The molecule has 1 rings (SSSR count). The van der Waals surface area contributed by atoms with E-state index >= 15 is 0 Å². The fraction of sp³-hybridized carbons (Fsp3) is 0.636. The van der Waals surface area contributed by atoms with Gasteiger partial charge in [0.25, 0.3) is 0 Å². The minimum Gasteiger partial charge on any atom is -0.498 e. The van der Waals surface area contributed by atoms with Gasteiger partial charge in [-0.25, -0.2) is 0 Å². The maximum atomic E-state index is 5.58. The number of ether oxygens (including phenoxy) is 1. The number of hydrogen-bond acceptors (Lipinski definition) is 1. The smallest absolute Gasteiger partial charge is 0.0990 e. The Morgan fingerprint density at radius 3 is 2.75 bits per heavy atom. The summed E-state index contributed by atoms with van der Waals surface area (Å²) in [7, 11) is 0. The topological polar surface area (TPSA) is 9.23 Å². The molecule has 1 nitrogen and oxygen atoms in total. The zero-order valence-electron chi connectivity index (χ0n) is 8.05. The quantitative estimate of drug-likeness (QED) is 0.585. The fourth-order valence-electron chi connectivity index (χ4n) is 1.53. The van der Waals surface area contributed by atoms with Crippen LogP contribution in [0.5, 0.6) is 0 Å². The Morgan fingerprint density at radius 1 is 1.58 bits per heavy atom. The summed E-state index contributed by atoms with van der Waals surface area (Å²) in [5, 5.41) is 0. The monoisotopic (exact) mass is 166 g/mol. The molecule has 1 heterocycles. The molecule has 68 valence electrons. The van der Waals surface area contributed by atoms with Crippen molar-refractivity contribution in [1.82, 2.24) is 0 Å². The summed E-state index contributed by atoms with van der Waals surface area (Å²) in [5.41, 5.74) is 0. The van der Waals surface area contributed by atoms with E-state index in [2.05, 4.69) is 26.5 Å². The van der Waals surface area contributed by atoms with Crippen LogP contribution in [0.15, 0.2) is 24.5 Å². The lowest BCUT2D eigenvalue weighted by molar-refractivity contribution is 0.158. The van der Waals surface area contributed by atoms with Gasteiger partial charge in [0.1, 0.15) is 0 Å². The van der Waals surface area contributed by atoms with Gasteiger partial charge in [0, 0.05) is 5.92 Å². The van der Waals surface area contributed by atoms with Crippen LogP contribution in [0.1, 0.15) is 26.7 Å². The highest BCUT2D eigenvalue weighted by Gasteiger charge is 2.17. The van der Waals surface area contributed by atoms with Crippen LogP contribution < -0.4 is 0 Å². The van der Waals surface area contributed by atoms with Crippen molar-refractivity contribution in [2.45, 2.75) is 26.7 Å². The van der Waals surface area contributed by atoms with E-state index in [-0.39, 0.29) is 0 Å². The van der Waals surface area contributed by atoms with Gasteiger partial charge < -0.3 is 4.74 Å². The molecule has 0 saturated heterocycles. The molecule has 1 unspecified atom stereocenters. The number of rotatable bonds is 3. The Labute approximate surface area is 75.1 Å². The Kier molecular flexibility index (Phi) is 3.39. The molecule has 0 amide bonds. The Hall–Kier alpha value is -0.720. The third-order valence-corrected chi connectivity index (χ3v) is 2.26. The zero-order valence-corrected chi connectivity index (χ0v) is 8.05. The summed E-state index contributed by atoms with van der Waals surface area (Å²) >= 11 is 0. The van der Waals surface area contributed by atoms with Gasteiger partial charge in [-0.1, -0.05) is 19.9 Å². The lowest BCUT2D eigenvalue weighted by Gasteiger charge is -2.23. The van der Waals surface area contributed by atoms with Gasteiger partial charge in [0.15, 0.2) is 0 Å². The summed E-state index contributed by atoms with van der Waals surface area (Å²) in [4.78, 5) is 0. The molecule has 1 heteroatoms. The molecule has 0 aromatic rings. The van der Waals surface area contributed by atoms with Crippen LogP contribution in [-0.4, -0.2) is 6.61 Å². The zero-order chi connectivity index (χ0) is 8.97. The molecule has 1 atom stereocenters. The van der Waals surface area contributed by atoms with Crippen molar-refractivity contribution >= 4 is 0 Å². The fourth-order valence-corrected chi connectivity index (χ4v) is 1.53. The molecule has 0 aliphatic carbocycles. The minimum absolute atomic E-state index is 0.408. The molecule has 0 radical (unpaired) electrons. The van der Waals surface area contributed by atoms with Gasteiger partial charge in [-0.3, -0.25) is 0 Å². The van der Waals surface area contributed by atoms with Gasteiger partial charge in [-0.15, -0.1) is 6.58 Å². The summed E-state index contributed by atoms with van der Waals surface area (Å²) < 4.78 is 5.58. The average Bonchev–Trinajstić information content (AvgIpc) is 2.07. The van der Waals surface area contributed by atoms with Gasteiger partial charge in [0.2, 0.25) is 0 Å². The van der Waals surface area contributed by atoms with Crippen molar-refractivity contribution in [2.24, 2.45) is 11.8 Å². The first-order valence-corrected chi connectivity index (χ1v) is 4.71. The maximum Gasteiger partial charge on any atom is 0.0990 e. The first-order chi connectivity index (χ1) is 5.75. The van der Waals surface area contributed by atoms with Crippen molar-refractivity contribution in [2.75, 3.05) is 6.61 Å². The van der Waals surface area contributed by atoms with Gasteiger partial charge >= 0.3 is 0 Å². The second-order valence-corrected chi connectivity index (χ2v) is 3.60. The summed E-state index contributed by atoms with van der Waals surface area (Å²) in [6.45, 7) is 9.11. The summed E-state index contributed by atoms with van der Waals surface area (Å²) in [5.74, 6) is 2.13. The molecule has 0 N–H and O–H groups in total. The predicted molar refractivity (Wildman–Crippen MR) is 51.8 cm³/mol. The van der Waals surface area contributed by atoms with Crippen LogP contribution in [0.3, 0.4) is 0 Å². The Bertz CT molecular complexity index is 179. The number of hydrogen-bond donors (Lipinski definition) is 0. The molecule has 0 spiro atoms. The van der Waals surface area contributed by atoms with Crippen molar-refractivity contribution in [3.8, 4) is 0 Å². The normalized spacial score (nSPS) is 19.8. The van der Waals surface area contributed by atoms with Crippen LogP contribution in [0.4, 0.5) is 0 Å². The number of allylic oxidation sites excluding steroid dienone is 2. The van der Waals surface area contributed by atoms with Crippen LogP contribution in [0.25, 0.3) is 0 Å². The molecular weight excluding hydrogens is 148 g/mol. The molecule has 1 aliphatic heterocycles. The maximum absolute atomic E-state index is 5.58. The third-order valence-electron chi connectivity index (χ3n) is 2.26. The highest BCUT2D eigenvalue weighted by Crippen LogP contribution is 2.25. The highest BCUT2D eigenvalue weighted by molar-refractivity contribution is 5.08. The van der Waals surface area contributed by atoms with Crippen molar-refractivity contribution in [1.29, 1.82) is 0 Å². The first kappa shape index (κ1) is 9.37. The lowest BCUT2D eigenvalue weighted by Crippen LogP contribution is -2.14. The standard InChI is InChI=1S/C11H18O/c1-4-10(9(2)3)11-7-5-6-8-12-11/h4,7,9-10H,1,5-6,8H2,2-3H3. The van der Waals surface area contributed by atoms with Crippen LogP contribution >= 0.6 is 0 Å². The van der Waals surface area contributed by atoms with E-state index < -0.39 is 0 Å². The van der Waals surface area contributed by atoms with Crippen molar-refractivity contribution < 1.29 is 4.74 Å². The second-order valence-electron chi connectivity index (χ2n) is 3.60. The van der Waals surface area contributed by atoms with Crippen LogP contribution in [0, 0.1) is 11.8 Å². The summed E-state index contributed by atoms with van der Waals surface area (Å²) in [6, 6.07) is 0. The predicted octanol–water partition coefficient (Wildman–Crippen LogP) is 3.14. The molecule has 0 fully saturated rings. The van der Waals surface area contributed by atoms with E-state index in [0.29, 0.717) is 11.8 Å². The van der Waals surface area contributed by atoms with Crippen LogP contribution in [0.2, 0.25) is 0 Å². The minimum atomic E-state index is 0.408. The lowest BCUT2D eigenvalue weighted by atomic mass is 9.92. The van der Waals surface area contributed by atoms with Gasteiger partial charge in [0.05, 0.1) is 12.4 Å².